The fraction of sp³-hybridized carbons (Fsp3) is 0.200. The molecule has 0 atom stereocenters. The number of likely N-dealkylation sites (N-methyl/N-ethyl adjacent to an activating group) is 1. The number of hydrogen-bond acceptors (Lipinski definition) is 6. The monoisotopic (exact) mass is 430 g/mol. The van der Waals surface area contributed by atoms with Gasteiger partial charge in [0, 0.05) is 43.0 Å². The van der Waals surface area contributed by atoms with Crippen LogP contribution in [0.5, 0.6) is 0 Å². The average molecular weight is 430 g/mol. The van der Waals surface area contributed by atoms with Crippen molar-refractivity contribution in [2.24, 2.45) is 0 Å². The van der Waals surface area contributed by atoms with Gasteiger partial charge in [-0.25, -0.2) is 4.39 Å². The molecule has 3 aromatic rings. The molecule has 1 saturated heterocycles. The normalized spacial score (nSPS) is 16.0. The summed E-state index contributed by atoms with van der Waals surface area (Å²) >= 11 is 0. The van der Waals surface area contributed by atoms with E-state index >= 15 is 0 Å². The highest BCUT2D eigenvalue weighted by Crippen LogP contribution is 2.42. The smallest absolute Gasteiger partial charge is 0.196 e. The molecule has 0 unspecified atom stereocenters. The Kier molecular flexibility index (Phi) is 4.90. The number of halogens is 1. The lowest BCUT2D eigenvalue weighted by Crippen LogP contribution is -2.45. The number of nitrogens with two attached hydrogens (primary N) is 1. The molecule has 0 radical (unpaired) electrons. The van der Waals surface area contributed by atoms with Crippen molar-refractivity contribution in [3.8, 4) is 0 Å². The van der Waals surface area contributed by atoms with Gasteiger partial charge < -0.3 is 20.9 Å². The highest BCUT2D eigenvalue weighted by atomic mass is 19.1. The summed E-state index contributed by atoms with van der Waals surface area (Å²) in [6, 6.07) is 14.5. The number of piperazine rings is 1. The Hall–Kier alpha value is -3.71. The summed E-state index contributed by atoms with van der Waals surface area (Å²) in [6.45, 7) is 3.25. The molecule has 3 aromatic carbocycles. The van der Waals surface area contributed by atoms with Gasteiger partial charge in [0.2, 0.25) is 0 Å². The number of nitrogen functional groups attached to an aromatic ring is 1. The Balaban J connectivity index is 1.69. The number of anilines is 4. The standard InChI is InChI=1S/C25H23FN4O2/c1-29-10-12-30(13-11-29)20-14-19(28-16-8-6-15(26)7-9-16)21-22(23(20)27)25(32)18-5-3-2-4-17(18)24(21)31/h2-9,14,28H,10-13,27H2,1H3. The Labute approximate surface area is 185 Å². The number of carbonyl (C=O) groups is 2. The first-order valence-electron chi connectivity index (χ1n) is 10.5. The third-order valence-corrected chi connectivity index (χ3v) is 6.18. The number of fused-ring (bicyclic) bond motifs is 2. The number of benzene rings is 3. The molecule has 1 heterocycles. The van der Waals surface area contributed by atoms with Crippen LogP contribution in [0.3, 0.4) is 0 Å². The molecule has 0 saturated carbocycles. The van der Waals surface area contributed by atoms with E-state index < -0.39 is 0 Å². The number of rotatable bonds is 3. The predicted octanol–water partition coefficient (Wildman–Crippen LogP) is 3.68. The zero-order valence-electron chi connectivity index (χ0n) is 17.7. The van der Waals surface area contributed by atoms with Gasteiger partial charge in [-0.3, -0.25) is 9.59 Å². The van der Waals surface area contributed by atoms with Crippen LogP contribution in [-0.2, 0) is 0 Å². The summed E-state index contributed by atoms with van der Waals surface area (Å²) in [4.78, 5) is 31.3. The van der Waals surface area contributed by atoms with Crippen molar-refractivity contribution in [1.29, 1.82) is 0 Å². The molecule has 7 heteroatoms. The Morgan fingerprint density at radius 3 is 2.09 bits per heavy atom. The highest BCUT2D eigenvalue weighted by molar-refractivity contribution is 6.32. The van der Waals surface area contributed by atoms with Gasteiger partial charge in [-0.1, -0.05) is 24.3 Å². The van der Waals surface area contributed by atoms with E-state index in [0.29, 0.717) is 28.2 Å². The van der Waals surface area contributed by atoms with Gasteiger partial charge in [-0.05, 0) is 37.4 Å². The molecule has 32 heavy (non-hydrogen) atoms. The number of ketones is 2. The molecule has 1 aliphatic heterocycles. The summed E-state index contributed by atoms with van der Waals surface area (Å²) < 4.78 is 13.4. The highest BCUT2D eigenvalue weighted by Gasteiger charge is 2.35. The minimum absolute atomic E-state index is 0.231. The van der Waals surface area contributed by atoms with Crippen molar-refractivity contribution >= 4 is 34.3 Å². The first-order valence-corrected chi connectivity index (χ1v) is 10.5. The maximum atomic E-state index is 13.5. The molecule has 3 N–H and O–H groups in total. The molecule has 1 aliphatic carbocycles. The van der Waals surface area contributed by atoms with Crippen molar-refractivity contribution in [3.05, 3.63) is 82.7 Å². The van der Waals surface area contributed by atoms with Gasteiger partial charge in [0.1, 0.15) is 5.82 Å². The van der Waals surface area contributed by atoms with Crippen molar-refractivity contribution in [2.75, 3.05) is 49.2 Å². The fourth-order valence-electron chi connectivity index (χ4n) is 4.40. The Morgan fingerprint density at radius 1 is 0.875 bits per heavy atom. The first kappa shape index (κ1) is 20.2. The fourth-order valence-corrected chi connectivity index (χ4v) is 4.40. The number of nitrogens with zero attached hydrogens (tertiary/aromatic N) is 2. The van der Waals surface area contributed by atoms with Gasteiger partial charge in [-0.2, -0.15) is 0 Å². The van der Waals surface area contributed by atoms with Gasteiger partial charge in [0.15, 0.2) is 11.6 Å². The molecule has 0 spiro atoms. The summed E-state index contributed by atoms with van der Waals surface area (Å²) in [5, 5.41) is 3.22. The molecule has 2 aliphatic rings. The molecule has 5 rings (SSSR count). The van der Waals surface area contributed by atoms with Crippen LogP contribution in [0.1, 0.15) is 31.8 Å². The lowest BCUT2D eigenvalue weighted by Gasteiger charge is -2.36. The molecular formula is C25H23FN4O2. The van der Waals surface area contributed by atoms with E-state index in [1.807, 2.05) is 6.07 Å². The average Bonchev–Trinajstić information content (AvgIpc) is 2.80. The van der Waals surface area contributed by atoms with Crippen LogP contribution in [-0.4, -0.2) is 49.7 Å². The topological polar surface area (TPSA) is 78.7 Å². The quantitative estimate of drug-likeness (QED) is 0.483. The summed E-state index contributed by atoms with van der Waals surface area (Å²) in [5.74, 6) is -0.865. The van der Waals surface area contributed by atoms with Crippen LogP contribution in [0.4, 0.5) is 27.1 Å². The zero-order valence-corrected chi connectivity index (χ0v) is 17.7. The van der Waals surface area contributed by atoms with Crippen LogP contribution in [0.15, 0.2) is 54.6 Å². The van der Waals surface area contributed by atoms with E-state index in [4.69, 9.17) is 5.73 Å². The van der Waals surface area contributed by atoms with Gasteiger partial charge in [0.05, 0.1) is 28.2 Å². The van der Waals surface area contributed by atoms with Crippen molar-refractivity contribution in [3.63, 3.8) is 0 Å². The van der Waals surface area contributed by atoms with Crippen molar-refractivity contribution in [2.45, 2.75) is 0 Å². The van der Waals surface area contributed by atoms with Gasteiger partial charge in [-0.15, -0.1) is 0 Å². The molecule has 1 fully saturated rings. The minimum Gasteiger partial charge on any atom is -0.396 e. The summed E-state index contributed by atoms with van der Waals surface area (Å²) in [5.41, 5.74) is 9.91. The molecule has 0 amide bonds. The van der Waals surface area contributed by atoms with Crippen LogP contribution in [0.25, 0.3) is 0 Å². The molecule has 0 bridgehead atoms. The second kappa shape index (κ2) is 7.76. The van der Waals surface area contributed by atoms with Crippen LogP contribution >= 0.6 is 0 Å². The molecule has 162 valence electrons. The van der Waals surface area contributed by atoms with E-state index in [1.165, 1.54) is 12.1 Å². The lowest BCUT2D eigenvalue weighted by atomic mass is 9.81. The van der Waals surface area contributed by atoms with E-state index in [2.05, 4.69) is 22.2 Å². The molecular weight excluding hydrogens is 407 g/mol. The minimum atomic E-state index is -0.354. The predicted molar refractivity (Wildman–Crippen MR) is 124 cm³/mol. The van der Waals surface area contributed by atoms with E-state index in [0.717, 1.165) is 31.9 Å². The second-order valence-corrected chi connectivity index (χ2v) is 8.23. The van der Waals surface area contributed by atoms with Crippen molar-refractivity contribution in [1.82, 2.24) is 4.90 Å². The van der Waals surface area contributed by atoms with Crippen LogP contribution in [0.2, 0.25) is 0 Å². The number of hydrogen-bond donors (Lipinski definition) is 2. The van der Waals surface area contributed by atoms with E-state index in [9.17, 15) is 14.0 Å². The Bertz CT molecular complexity index is 1230. The van der Waals surface area contributed by atoms with Crippen LogP contribution in [0, 0.1) is 5.82 Å². The number of nitrogens with one attached hydrogen (secondary N) is 1. The largest absolute Gasteiger partial charge is 0.396 e. The molecule has 0 aromatic heterocycles. The lowest BCUT2D eigenvalue weighted by molar-refractivity contribution is 0.0980. The molecule has 6 nitrogen and oxygen atoms in total. The Morgan fingerprint density at radius 2 is 1.47 bits per heavy atom. The van der Waals surface area contributed by atoms with Crippen LogP contribution < -0.4 is 16.0 Å². The third kappa shape index (κ3) is 3.31. The number of carbonyl (C=O) groups excluding carboxylic acids is 2. The maximum Gasteiger partial charge on any atom is 0.196 e. The van der Waals surface area contributed by atoms with Gasteiger partial charge in [0.25, 0.3) is 0 Å². The zero-order chi connectivity index (χ0) is 22.4. The van der Waals surface area contributed by atoms with Gasteiger partial charge >= 0.3 is 0 Å². The second-order valence-electron chi connectivity index (χ2n) is 8.23. The summed E-state index contributed by atoms with van der Waals surface area (Å²) in [7, 11) is 2.06. The first-order chi connectivity index (χ1) is 15.4. The summed E-state index contributed by atoms with van der Waals surface area (Å²) in [6.07, 6.45) is 0. The van der Waals surface area contributed by atoms with E-state index in [-0.39, 0.29) is 28.5 Å². The maximum absolute atomic E-state index is 13.5. The SMILES string of the molecule is CN1CCN(c2cc(Nc3ccc(F)cc3)c3c(c2N)C(=O)c2ccccc2C3=O)CC1. The van der Waals surface area contributed by atoms with Crippen molar-refractivity contribution < 1.29 is 14.0 Å². The van der Waals surface area contributed by atoms with E-state index in [1.54, 1.807) is 36.4 Å². The third-order valence-electron chi connectivity index (χ3n) is 6.18.